The molecule has 0 aliphatic heterocycles. The molecule has 0 amide bonds. The molecule has 0 atom stereocenters. The van der Waals surface area contributed by atoms with Crippen LogP contribution >= 0.6 is 0 Å². The molecule has 0 bridgehead atoms. The lowest BCUT2D eigenvalue weighted by Gasteiger charge is -2.24. The summed E-state index contributed by atoms with van der Waals surface area (Å²) < 4.78 is 5.85. The molecule has 1 aliphatic carbocycles. The first-order valence-corrected chi connectivity index (χ1v) is 4.73. The van der Waals surface area contributed by atoms with Gasteiger partial charge < -0.3 is 10.5 Å². The van der Waals surface area contributed by atoms with Crippen molar-refractivity contribution in [2.24, 2.45) is 0 Å². The molecule has 1 saturated carbocycles. The van der Waals surface area contributed by atoms with Crippen molar-refractivity contribution in [2.75, 3.05) is 5.73 Å². The lowest BCUT2D eigenvalue weighted by molar-refractivity contribution is 0.0526. The SMILES string of the molecule is Nc1ccn(C(=O)OC2CCC2)c(=O)n1. The Morgan fingerprint density at radius 3 is 2.87 bits per heavy atom. The third-order valence-electron chi connectivity index (χ3n) is 2.34. The van der Waals surface area contributed by atoms with Gasteiger partial charge >= 0.3 is 11.8 Å². The van der Waals surface area contributed by atoms with E-state index in [-0.39, 0.29) is 11.9 Å². The normalized spacial score (nSPS) is 15.7. The van der Waals surface area contributed by atoms with Crippen LogP contribution in [0.1, 0.15) is 19.3 Å². The first-order valence-electron chi connectivity index (χ1n) is 4.73. The third-order valence-corrected chi connectivity index (χ3v) is 2.34. The van der Waals surface area contributed by atoms with Gasteiger partial charge in [-0.25, -0.2) is 14.2 Å². The van der Waals surface area contributed by atoms with E-state index >= 15 is 0 Å². The summed E-state index contributed by atoms with van der Waals surface area (Å²) >= 11 is 0. The van der Waals surface area contributed by atoms with Crippen molar-refractivity contribution in [1.82, 2.24) is 9.55 Å². The number of aromatic nitrogens is 2. The molecule has 0 spiro atoms. The number of nitrogen functional groups attached to an aromatic ring is 1. The van der Waals surface area contributed by atoms with Gasteiger partial charge in [0.15, 0.2) is 0 Å². The number of hydrogen-bond donors (Lipinski definition) is 1. The van der Waals surface area contributed by atoms with E-state index in [9.17, 15) is 9.59 Å². The lowest BCUT2D eigenvalue weighted by atomic mass is 9.96. The van der Waals surface area contributed by atoms with Crippen LogP contribution in [0.3, 0.4) is 0 Å². The van der Waals surface area contributed by atoms with E-state index in [2.05, 4.69) is 4.98 Å². The fourth-order valence-electron chi connectivity index (χ4n) is 1.24. The van der Waals surface area contributed by atoms with Gasteiger partial charge in [0.1, 0.15) is 11.9 Å². The van der Waals surface area contributed by atoms with Crippen molar-refractivity contribution in [3.63, 3.8) is 0 Å². The van der Waals surface area contributed by atoms with Crippen molar-refractivity contribution in [2.45, 2.75) is 25.4 Å². The second kappa shape index (κ2) is 3.72. The molecule has 0 aromatic carbocycles. The van der Waals surface area contributed by atoms with Crippen molar-refractivity contribution in [1.29, 1.82) is 0 Å². The predicted octanol–water partition coefficient (Wildman–Crippen LogP) is 0.363. The average molecular weight is 209 g/mol. The standard InChI is InChI=1S/C9H11N3O3/c10-7-4-5-12(8(13)11-7)9(14)15-6-2-1-3-6/h4-6H,1-3H2,(H2,10,11,13). The molecular formula is C9H11N3O3. The second-order valence-corrected chi connectivity index (χ2v) is 3.44. The number of ether oxygens (including phenoxy) is 1. The number of rotatable bonds is 1. The summed E-state index contributed by atoms with van der Waals surface area (Å²) in [7, 11) is 0. The second-order valence-electron chi connectivity index (χ2n) is 3.44. The van der Waals surface area contributed by atoms with E-state index in [1.165, 1.54) is 12.3 Å². The van der Waals surface area contributed by atoms with Gasteiger partial charge in [0.05, 0.1) is 0 Å². The maximum Gasteiger partial charge on any atom is 0.422 e. The zero-order valence-corrected chi connectivity index (χ0v) is 8.05. The van der Waals surface area contributed by atoms with E-state index in [4.69, 9.17) is 10.5 Å². The summed E-state index contributed by atoms with van der Waals surface area (Å²) in [5.74, 6) is 0.0905. The predicted molar refractivity (Wildman–Crippen MR) is 52.4 cm³/mol. The van der Waals surface area contributed by atoms with Gasteiger partial charge in [-0.1, -0.05) is 0 Å². The molecule has 15 heavy (non-hydrogen) atoms. The Morgan fingerprint density at radius 2 is 2.33 bits per heavy atom. The highest BCUT2D eigenvalue weighted by Crippen LogP contribution is 2.22. The van der Waals surface area contributed by atoms with Gasteiger partial charge in [-0.05, 0) is 25.3 Å². The Labute approximate surface area is 85.7 Å². The minimum absolute atomic E-state index is 0.0537. The van der Waals surface area contributed by atoms with Gasteiger partial charge in [0.25, 0.3) is 0 Å². The van der Waals surface area contributed by atoms with Gasteiger partial charge in [-0.3, -0.25) is 0 Å². The maximum atomic E-state index is 11.4. The van der Waals surface area contributed by atoms with Crippen molar-refractivity contribution in [3.8, 4) is 0 Å². The summed E-state index contributed by atoms with van der Waals surface area (Å²) in [6.07, 6.45) is 3.32. The van der Waals surface area contributed by atoms with Gasteiger partial charge in [0, 0.05) is 6.20 Å². The number of anilines is 1. The van der Waals surface area contributed by atoms with Crippen LogP contribution in [-0.2, 0) is 4.74 Å². The zero-order valence-electron chi connectivity index (χ0n) is 8.05. The summed E-state index contributed by atoms with van der Waals surface area (Å²) in [5.41, 5.74) is 4.58. The minimum Gasteiger partial charge on any atom is -0.446 e. The zero-order chi connectivity index (χ0) is 10.8. The Kier molecular flexibility index (Phi) is 2.40. The monoisotopic (exact) mass is 209 g/mol. The molecule has 0 unspecified atom stereocenters. The number of nitrogens with zero attached hydrogens (tertiary/aromatic N) is 2. The van der Waals surface area contributed by atoms with Crippen LogP contribution in [0, 0.1) is 0 Å². The molecule has 1 heterocycles. The molecule has 6 heteroatoms. The largest absolute Gasteiger partial charge is 0.446 e. The number of hydrogen-bond acceptors (Lipinski definition) is 5. The number of nitrogens with two attached hydrogens (primary N) is 1. The Hall–Kier alpha value is -1.85. The molecule has 0 radical (unpaired) electrons. The quantitative estimate of drug-likeness (QED) is 0.721. The molecule has 80 valence electrons. The Bertz CT molecular complexity index is 436. The third kappa shape index (κ3) is 1.98. The molecular weight excluding hydrogens is 198 g/mol. The van der Waals surface area contributed by atoms with E-state index in [0.29, 0.717) is 0 Å². The summed E-state index contributed by atoms with van der Waals surface area (Å²) in [6, 6.07) is 1.38. The van der Waals surface area contributed by atoms with Crippen LogP contribution in [0.2, 0.25) is 0 Å². The van der Waals surface area contributed by atoms with Crippen LogP contribution in [-0.4, -0.2) is 21.7 Å². The summed E-state index contributed by atoms with van der Waals surface area (Å²) in [6.45, 7) is 0. The van der Waals surface area contributed by atoms with Crippen LogP contribution in [0.25, 0.3) is 0 Å². The molecule has 1 aromatic rings. The van der Waals surface area contributed by atoms with E-state index in [0.717, 1.165) is 23.8 Å². The number of carbonyl (C=O) groups is 1. The van der Waals surface area contributed by atoms with E-state index in [1.54, 1.807) is 0 Å². The van der Waals surface area contributed by atoms with Crippen molar-refractivity contribution >= 4 is 11.9 Å². The molecule has 0 saturated heterocycles. The van der Waals surface area contributed by atoms with Crippen molar-refractivity contribution in [3.05, 3.63) is 22.7 Å². The van der Waals surface area contributed by atoms with E-state index < -0.39 is 11.8 Å². The highest BCUT2D eigenvalue weighted by Gasteiger charge is 2.22. The molecule has 1 aromatic heterocycles. The average Bonchev–Trinajstić information content (AvgIpc) is 2.11. The smallest absolute Gasteiger partial charge is 0.422 e. The van der Waals surface area contributed by atoms with Gasteiger partial charge in [-0.2, -0.15) is 4.98 Å². The molecule has 6 nitrogen and oxygen atoms in total. The van der Waals surface area contributed by atoms with Crippen LogP contribution in [0.4, 0.5) is 10.6 Å². The highest BCUT2D eigenvalue weighted by atomic mass is 16.6. The first-order chi connectivity index (χ1) is 7.16. The fourth-order valence-corrected chi connectivity index (χ4v) is 1.24. The molecule has 1 aliphatic rings. The lowest BCUT2D eigenvalue weighted by Crippen LogP contribution is -2.34. The van der Waals surface area contributed by atoms with Crippen LogP contribution < -0.4 is 11.4 Å². The Morgan fingerprint density at radius 1 is 1.60 bits per heavy atom. The highest BCUT2D eigenvalue weighted by molar-refractivity contribution is 5.70. The molecule has 2 rings (SSSR count). The molecule has 1 fully saturated rings. The van der Waals surface area contributed by atoms with Gasteiger partial charge in [-0.15, -0.1) is 0 Å². The van der Waals surface area contributed by atoms with Crippen LogP contribution in [0.5, 0.6) is 0 Å². The maximum absolute atomic E-state index is 11.4. The summed E-state index contributed by atoms with van der Waals surface area (Å²) in [4.78, 5) is 26.1. The number of carbonyl (C=O) groups excluding carboxylic acids is 1. The molecule has 2 N–H and O–H groups in total. The van der Waals surface area contributed by atoms with E-state index in [1.807, 2.05) is 0 Å². The van der Waals surface area contributed by atoms with Crippen LogP contribution in [0.15, 0.2) is 17.1 Å². The van der Waals surface area contributed by atoms with Crippen molar-refractivity contribution < 1.29 is 9.53 Å². The summed E-state index contributed by atoms with van der Waals surface area (Å²) in [5, 5.41) is 0. The minimum atomic E-state index is -0.709. The first kappa shape index (κ1) is 9.70. The van der Waals surface area contributed by atoms with Gasteiger partial charge in [0.2, 0.25) is 0 Å². The fraction of sp³-hybridized carbons (Fsp3) is 0.444. The topological polar surface area (TPSA) is 87.2 Å². The Balaban J connectivity index is 2.14.